The Labute approximate surface area is 156 Å². The van der Waals surface area contributed by atoms with Crippen molar-refractivity contribution in [2.45, 2.75) is 45.6 Å². The summed E-state index contributed by atoms with van der Waals surface area (Å²) >= 11 is 0. The van der Waals surface area contributed by atoms with E-state index in [-0.39, 0.29) is 11.7 Å². The van der Waals surface area contributed by atoms with Gasteiger partial charge in [-0.2, -0.15) is 0 Å². The van der Waals surface area contributed by atoms with Crippen molar-refractivity contribution >= 4 is 5.91 Å². The molecule has 0 spiro atoms. The highest BCUT2D eigenvalue weighted by Gasteiger charge is 2.15. The molecule has 0 radical (unpaired) electrons. The lowest BCUT2D eigenvalue weighted by Crippen LogP contribution is -2.32. The zero-order valence-corrected chi connectivity index (χ0v) is 15.8. The molecule has 0 saturated carbocycles. The number of carbonyl (C=O) groups is 1. The van der Waals surface area contributed by atoms with Crippen molar-refractivity contribution in [2.24, 2.45) is 0 Å². The number of hydrogen-bond acceptors (Lipinski definition) is 3. The van der Waals surface area contributed by atoms with Crippen LogP contribution in [0.1, 0.15) is 43.7 Å². The van der Waals surface area contributed by atoms with Gasteiger partial charge in [-0.25, -0.2) is 0 Å². The molecular formula is C22H29NO3. The number of ether oxygens (including phenoxy) is 1. The summed E-state index contributed by atoms with van der Waals surface area (Å²) in [5.74, 6) is 0.579. The maximum atomic E-state index is 12.9. The van der Waals surface area contributed by atoms with E-state index in [2.05, 4.69) is 19.1 Å². The van der Waals surface area contributed by atoms with Crippen LogP contribution < -0.4 is 4.74 Å². The summed E-state index contributed by atoms with van der Waals surface area (Å²) in [6.07, 6.45) is 4.84. The van der Waals surface area contributed by atoms with Crippen molar-refractivity contribution in [2.75, 3.05) is 13.7 Å². The smallest absolute Gasteiger partial charge is 0.227 e. The van der Waals surface area contributed by atoms with Gasteiger partial charge in [0.1, 0.15) is 0 Å². The molecule has 140 valence electrons. The molecule has 1 N–H and O–H groups in total. The third-order valence-corrected chi connectivity index (χ3v) is 4.45. The van der Waals surface area contributed by atoms with Gasteiger partial charge in [0, 0.05) is 13.1 Å². The first-order valence-corrected chi connectivity index (χ1v) is 9.31. The topological polar surface area (TPSA) is 49.8 Å². The molecule has 26 heavy (non-hydrogen) atoms. The van der Waals surface area contributed by atoms with Crippen LogP contribution in [0.5, 0.6) is 11.5 Å². The average molecular weight is 355 g/mol. The van der Waals surface area contributed by atoms with Crippen molar-refractivity contribution in [3.05, 3.63) is 59.7 Å². The number of methoxy groups -OCH3 is 1. The highest BCUT2D eigenvalue weighted by Crippen LogP contribution is 2.26. The SMILES string of the molecule is CCCCCCN(Cc1ccccc1)C(=O)Cc1ccc(O)c(OC)c1. The number of carbonyl (C=O) groups excluding carboxylic acids is 1. The van der Waals surface area contributed by atoms with E-state index >= 15 is 0 Å². The predicted octanol–water partition coefficient (Wildman–Crippen LogP) is 4.55. The molecule has 1 amide bonds. The van der Waals surface area contributed by atoms with Gasteiger partial charge in [0.15, 0.2) is 11.5 Å². The number of benzene rings is 2. The number of unbranched alkanes of at least 4 members (excludes halogenated alkanes) is 3. The van der Waals surface area contributed by atoms with Gasteiger partial charge in [-0.05, 0) is 29.7 Å². The molecule has 4 nitrogen and oxygen atoms in total. The van der Waals surface area contributed by atoms with Gasteiger partial charge >= 0.3 is 0 Å². The molecule has 0 aliphatic rings. The van der Waals surface area contributed by atoms with Crippen LogP contribution in [0.15, 0.2) is 48.5 Å². The van der Waals surface area contributed by atoms with Crippen molar-refractivity contribution in [3.63, 3.8) is 0 Å². The van der Waals surface area contributed by atoms with E-state index < -0.39 is 0 Å². The Hall–Kier alpha value is -2.49. The Morgan fingerprint density at radius 1 is 1.04 bits per heavy atom. The molecule has 0 aliphatic heterocycles. The first-order valence-electron chi connectivity index (χ1n) is 9.31. The molecule has 2 aromatic carbocycles. The van der Waals surface area contributed by atoms with E-state index in [0.717, 1.165) is 30.5 Å². The molecule has 0 atom stereocenters. The minimum absolute atomic E-state index is 0.0874. The molecule has 0 aromatic heterocycles. The van der Waals surface area contributed by atoms with Crippen LogP contribution in [0.2, 0.25) is 0 Å². The summed E-state index contributed by atoms with van der Waals surface area (Å²) < 4.78 is 5.14. The zero-order valence-electron chi connectivity index (χ0n) is 15.8. The van der Waals surface area contributed by atoms with Crippen molar-refractivity contribution < 1.29 is 14.6 Å². The summed E-state index contributed by atoms with van der Waals surface area (Å²) in [6.45, 7) is 3.58. The van der Waals surface area contributed by atoms with Crippen LogP contribution in [0.4, 0.5) is 0 Å². The van der Waals surface area contributed by atoms with E-state index in [0.29, 0.717) is 18.7 Å². The highest BCUT2D eigenvalue weighted by atomic mass is 16.5. The van der Waals surface area contributed by atoms with Crippen LogP contribution in [-0.2, 0) is 17.8 Å². The second-order valence-electron chi connectivity index (χ2n) is 6.54. The zero-order chi connectivity index (χ0) is 18.8. The fourth-order valence-electron chi connectivity index (χ4n) is 2.94. The minimum Gasteiger partial charge on any atom is -0.504 e. The van der Waals surface area contributed by atoms with Gasteiger partial charge in [0.2, 0.25) is 5.91 Å². The molecule has 0 saturated heterocycles. The van der Waals surface area contributed by atoms with Crippen LogP contribution in [-0.4, -0.2) is 29.6 Å². The van der Waals surface area contributed by atoms with E-state index in [9.17, 15) is 9.90 Å². The van der Waals surface area contributed by atoms with E-state index in [1.165, 1.54) is 20.0 Å². The van der Waals surface area contributed by atoms with E-state index in [1.807, 2.05) is 23.1 Å². The average Bonchev–Trinajstić information content (AvgIpc) is 2.66. The van der Waals surface area contributed by atoms with Crippen LogP contribution >= 0.6 is 0 Å². The first kappa shape index (κ1) is 19.8. The second kappa shape index (κ2) is 10.5. The van der Waals surface area contributed by atoms with Gasteiger partial charge in [0.05, 0.1) is 13.5 Å². The van der Waals surface area contributed by atoms with Crippen LogP contribution in [0.3, 0.4) is 0 Å². The number of rotatable bonds is 10. The summed E-state index contributed by atoms with van der Waals surface area (Å²) in [4.78, 5) is 14.8. The van der Waals surface area contributed by atoms with Crippen molar-refractivity contribution in [1.29, 1.82) is 0 Å². The Kier molecular flexibility index (Phi) is 8.00. The quantitative estimate of drug-likeness (QED) is 0.636. The summed E-state index contributed by atoms with van der Waals surface area (Å²) in [7, 11) is 1.51. The normalized spacial score (nSPS) is 10.5. The van der Waals surface area contributed by atoms with Gasteiger partial charge in [0.25, 0.3) is 0 Å². The molecule has 0 fully saturated rings. The number of nitrogens with zero attached hydrogens (tertiary/aromatic N) is 1. The second-order valence-corrected chi connectivity index (χ2v) is 6.54. The Morgan fingerprint density at radius 2 is 1.81 bits per heavy atom. The first-order chi connectivity index (χ1) is 12.6. The number of phenolic OH excluding ortho intramolecular Hbond substituents is 1. The summed E-state index contributed by atoms with van der Waals surface area (Å²) in [6, 6.07) is 15.2. The fraction of sp³-hybridized carbons (Fsp3) is 0.409. The molecule has 0 heterocycles. The van der Waals surface area contributed by atoms with Gasteiger partial charge in [-0.1, -0.05) is 62.6 Å². The maximum Gasteiger partial charge on any atom is 0.227 e. The number of phenols is 1. The van der Waals surface area contributed by atoms with Crippen LogP contribution in [0, 0.1) is 0 Å². The Balaban J connectivity index is 2.05. The molecule has 0 bridgehead atoms. The number of aromatic hydroxyl groups is 1. The molecule has 2 rings (SSSR count). The third kappa shape index (κ3) is 6.10. The molecule has 2 aromatic rings. The molecular weight excluding hydrogens is 326 g/mol. The van der Waals surface area contributed by atoms with E-state index in [4.69, 9.17) is 4.74 Å². The predicted molar refractivity (Wildman–Crippen MR) is 104 cm³/mol. The lowest BCUT2D eigenvalue weighted by Gasteiger charge is -2.23. The number of hydrogen-bond donors (Lipinski definition) is 1. The van der Waals surface area contributed by atoms with Gasteiger partial charge in [-0.15, -0.1) is 0 Å². The largest absolute Gasteiger partial charge is 0.504 e. The maximum absolute atomic E-state index is 12.9. The lowest BCUT2D eigenvalue weighted by molar-refractivity contribution is -0.131. The number of amides is 1. The summed E-state index contributed by atoms with van der Waals surface area (Å²) in [5, 5.41) is 9.72. The fourth-order valence-corrected chi connectivity index (χ4v) is 2.94. The summed E-state index contributed by atoms with van der Waals surface area (Å²) in [5.41, 5.74) is 1.98. The monoisotopic (exact) mass is 355 g/mol. The van der Waals surface area contributed by atoms with Gasteiger partial charge in [-0.3, -0.25) is 4.79 Å². The van der Waals surface area contributed by atoms with E-state index in [1.54, 1.807) is 18.2 Å². The van der Waals surface area contributed by atoms with Crippen molar-refractivity contribution in [1.82, 2.24) is 4.90 Å². The molecule has 0 unspecified atom stereocenters. The van der Waals surface area contributed by atoms with Crippen molar-refractivity contribution in [3.8, 4) is 11.5 Å². The van der Waals surface area contributed by atoms with Crippen LogP contribution in [0.25, 0.3) is 0 Å². The molecule has 4 heteroatoms. The highest BCUT2D eigenvalue weighted by molar-refractivity contribution is 5.79. The lowest BCUT2D eigenvalue weighted by atomic mass is 10.1. The van der Waals surface area contributed by atoms with Gasteiger partial charge < -0.3 is 14.7 Å². The Morgan fingerprint density at radius 3 is 2.50 bits per heavy atom. The standard InChI is InChI=1S/C22H29NO3/c1-3-4-5-9-14-23(17-18-10-7-6-8-11-18)22(25)16-19-12-13-20(24)21(15-19)26-2/h6-8,10-13,15,24H,3-5,9,14,16-17H2,1-2H3. The minimum atomic E-state index is 0.0874. The third-order valence-electron chi connectivity index (χ3n) is 4.45. The Bertz CT molecular complexity index is 685. The molecule has 0 aliphatic carbocycles.